The third-order valence-corrected chi connectivity index (χ3v) is 3.26. The summed E-state index contributed by atoms with van der Waals surface area (Å²) < 4.78 is 18.9. The van der Waals surface area contributed by atoms with Crippen LogP contribution in [0.5, 0.6) is 5.75 Å². The molecule has 0 atom stereocenters. The molecule has 0 unspecified atom stereocenters. The van der Waals surface area contributed by atoms with E-state index in [9.17, 15) is 4.39 Å². The molecule has 20 heavy (non-hydrogen) atoms. The fourth-order valence-corrected chi connectivity index (χ4v) is 2.04. The SMILES string of the molecule is CCCCCCCCCOc1ccc(B(O)O)cc1F. The van der Waals surface area contributed by atoms with E-state index in [1.165, 1.54) is 44.2 Å². The van der Waals surface area contributed by atoms with Crippen molar-refractivity contribution >= 4 is 12.6 Å². The molecular weight excluding hydrogens is 258 g/mol. The highest BCUT2D eigenvalue weighted by molar-refractivity contribution is 6.58. The standard InChI is InChI=1S/C15H24BFO3/c1-2-3-4-5-6-7-8-11-20-15-10-9-13(16(18)19)12-14(15)17/h9-10,12,18-19H,2-8,11H2,1H3. The van der Waals surface area contributed by atoms with E-state index in [1.807, 2.05) is 0 Å². The smallest absolute Gasteiger partial charge is 0.488 e. The van der Waals surface area contributed by atoms with E-state index in [-0.39, 0.29) is 11.2 Å². The minimum absolute atomic E-state index is 0.130. The summed E-state index contributed by atoms with van der Waals surface area (Å²) >= 11 is 0. The van der Waals surface area contributed by atoms with Gasteiger partial charge in [-0.15, -0.1) is 0 Å². The van der Waals surface area contributed by atoms with Crippen molar-refractivity contribution in [2.45, 2.75) is 51.9 Å². The number of hydrogen-bond acceptors (Lipinski definition) is 3. The van der Waals surface area contributed by atoms with Crippen molar-refractivity contribution in [1.29, 1.82) is 0 Å². The molecule has 1 aromatic carbocycles. The quantitative estimate of drug-likeness (QED) is 0.512. The van der Waals surface area contributed by atoms with Crippen LogP contribution in [0.25, 0.3) is 0 Å². The summed E-state index contributed by atoms with van der Waals surface area (Å²) in [7, 11) is -1.65. The molecule has 2 N–H and O–H groups in total. The molecule has 0 fully saturated rings. The van der Waals surface area contributed by atoms with Crippen LogP contribution in [-0.2, 0) is 0 Å². The molecule has 0 heterocycles. The summed E-state index contributed by atoms with van der Waals surface area (Å²) in [6.07, 6.45) is 8.30. The zero-order valence-electron chi connectivity index (χ0n) is 12.1. The van der Waals surface area contributed by atoms with Gasteiger partial charge in [-0.3, -0.25) is 0 Å². The molecule has 0 radical (unpaired) electrons. The second-order valence-electron chi connectivity index (χ2n) is 5.03. The van der Waals surface area contributed by atoms with Crippen LogP contribution in [0.3, 0.4) is 0 Å². The molecule has 3 nitrogen and oxygen atoms in total. The molecule has 0 saturated heterocycles. The van der Waals surface area contributed by atoms with Gasteiger partial charge in [-0.1, -0.05) is 51.5 Å². The first kappa shape index (κ1) is 17.0. The van der Waals surface area contributed by atoms with Crippen LogP contribution in [-0.4, -0.2) is 23.8 Å². The first-order valence-corrected chi connectivity index (χ1v) is 7.43. The van der Waals surface area contributed by atoms with Crippen molar-refractivity contribution in [3.63, 3.8) is 0 Å². The van der Waals surface area contributed by atoms with Crippen molar-refractivity contribution in [3.05, 3.63) is 24.0 Å². The highest BCUT2D eigenvalue weighted by atomic mass is 19.1. The largest absolute Gasteiger partial charge is 0.491 e. The second-order valence-corrected chi connectivity index (χ2v) is 5.03. The van der Waals surface area contributed by atoms with Gasteiger partial charge in [0.25, 0.3) is 0 Å². The van der Waals surface area contributed by atoms with E-state index in [0.717, 1.165) is 18.9 Å². The highest BCUT2D eigenvalue weighted by Gasteiger charge is 2.13. The molecule has 0 amide bonds. The minimum atomic E-state index is -1.65. The maximum atomic E-state index is 13.6. The summed E-state index contributed by atoms with van der Waals surface area (Å²) in [6, 6.07) is 3.98. The van der Waals surface area contributed by atoms with Gasteiger partial charge in [0.2, 0.25) is 0 Å². The molecule has 1 rings (SSSR count). The average Bonchev–Trinajstić information content (AvgIpc) is 2.43. The molecular formula is C15H24BFO3. The Bertz CT molecular complexity index is 385. The Morgan fingerprint density at radius 2 is 1.70 bits per heavy atom. The van der Waals surface area contributed by atoms with Crippen LogP contribution in [0.1, 0.15) is 51.9 Å². The summed E-state index contributed by atoms with van der Waals surface area (Å²) in [5.74, 6) is -0.390. The lowest BCUT2D eigenvalue weighted by Gasteiger charge is -2.08. The van der Waals surface area contributed by atoms with E-state index < -0.39 is 12.9 Å². The Morgan fingerprint density at radius 1 is 1.05 bits per heavy atom. The number of hydrogen-bond donors (Lipinski definition) is 2. The lowest BCUT2D eigenvalue weighted by molar-refractivity contribution is 0.290. The number of unbranched alkanes of at least 4 members (excludes halogenated alkanes) is 6. The first-order chi connectivity index (χ1) is 9.65. The Kier molecular flexibility index (Phi) is 8.31. The fraction of sp³-hybridized carbons (Fsp3) is 0.600. The van der Waals surface area contributed by atoms with Gasteiger partial charge in [0.15, 0.2) is 11.6 Å². The summed E-state index contributed by atoms with van der Waals surface area (Å²) in [5.41, 5.74) is 0.130. The highest BCUT2D eigenvalue weighted by Crippen LogP contribution is 2.15. The third-order valence-electron chi connectivity index (χ3n) is 3.26. The zero-order valence-corrected chi connectivity index (χ0v) is 12.1. The van der Waals surface area contributed by atoms with Crippen LogP contribution in [0.15, 0.2) is 18.2 Å². The van der Waals surface area contributed by atoms with Crippen molar-refractivity contribution in [2.24, 2.45) is 0 Å². The number of rotatable bonds is 10. The predicted octanol–water partition coefficient (Wildman–Crippen LogP) is 2.63. The molecule has 5 heteroatoms. The van der Waals surface area contributed by atoms with Gasteiger partial charge in [0, 0.05) is 0 Å². The van der Waals surface area contributed by atoms with Gasteiger partial charge >= 0.3 is 7.12 Å². The number of halogens is 1. The lowest BCUT2D eigenvalue weighted by atomic mass is 9.80. The van der Waals surface area contributed by atoms with Gasteiger partial charge < -0.3 is 14.8 Å². The van der Waals surface area contributed by atoms with Crippen LogP contribution in [0.4, 0.5) is 4.39 Å². The zero-order chi connectivity index (χ0) is 14.8. The summed E-state index contributed by atoms with van der Waals surface area (Å²) in [4.78, 5) is 0. The molecule has 0 aliphatic heterocycles. The topological polar surface area (TPSA) is 49.7 Å². The van der Waals surface area contributed by atoms with Crippen LogP contribution in [0, 0.1) is 5.82 Å². The maximum Gasteiger partial charge on any atom is 0.488 e. The molecule has 0 bridgehead atoms. The lowest BCUT2D eigenvalue weighted by Crippen LogP contribution is -2.30. The van der Waals surface area contributed by atoms with E-state index in [1.54, 1.807) is 0 Å². The molecule has 0 aromatic heterocycles. The monoisotopic (exact) mass is 282 g/mol. The minimum Gasteiger partial charge on any atom is -0.491 e. The van der Waals surface area contributed by atoms with Crippen molar-refractivity contribution in [2.75, 3.05) is 6.61 Å². The summed E-state index contributed by atoms with van der Waals surface area (Å²) in [5, 5.41) is 17.8. The van der Waals surface area contributed by atoms with Gasteiger partial charge in [-0.05, 0) is 24.0 Å². The van der Waals surface area contributed by atoms with Gasteiger partial charge in [-0.2, -0.15) is 0 Å². The van der Waals surface area contributed by atoms with E-state index in [2.05, 4.69) is 6.92 Å². The van der Waals surface area contributed by atoms with Gasteiger partial charge in [0.05, 0.1) is 6.61 Å². The number of ether oxygens (including phenoxy) is 1. The van der Waals surface area contributed by atoms with E-state index in [0.29, 0.717) is 6.61 Å². The normalized spacial score (nSPS) is 10.6. The predicted molar refractivity (Wildman–Crippen MR) is 79.7 cm³/mol. The average molecular weight is 282 g/mol. The fourth-order valence-electron chi connectivity index (χ4n) is 2.04. The van der Waals surface area contributed by atoms with Crippen LogP contribution in [0.2, 0.25) is 0 Å². The van der Waals surface area contributed by atoms with E-state index >= 15 is 0 Å². The Morgan fingerprint density at radius 3 is 2.30 bits per heavy atom. The van der Waals surface area contributed by atoms with Crippen LogP contribution >= 0.6 is 0 Å². The van der Waals surface area contributed by atoms with Crippen molar-refractivity contribution in [3.8, 4) is 5.75 Å². The van der Waals surface area contributed by atoms with Crippen molar-refractivity contribution < 1.29 is 19.2 Å². The first-order valence-electron chi connectivity index (χ1n) is 7.43. The second kappa shape index (κ2) is 9.78. The van der Waals surface area contributed by atoms with Crippen LogP contribution < -0.4 is 10.2 Å². The maximum absolute atomic E-state index is 13.6. The molecule has 0 aliphatic carbocycles. The Labute approximate surface area is 120 Å². The molecule has 0 aliphatic rings. The van der Waals surface area contributed by atoms with Crippen molar-refractivity contribution in [1.82, 2.24) is 0 Å². The Hall–Kier alpha value is -1.07. The van der Waals surface area contributed by atoms with Gasteiger partial charge in [-0.25, -0.2) is 4.39 Å². The van der Waals surface area contributed by atoms with Gasteiger partial charge in [0.1, 0.15) is 0 Å². The molecule has 1 aromatic rings. The molecule has 0 spiro atoms. The Balaban J connectivity index is 2.19. The molecule has 112 valence electrons. The number of benzene rings is 1. The summed E-state index contributed by atoms with van der Waals surface area (Å²) in [6.45, 7) is 2.69. The third kappa shape index (κ3) is 6.39. The molecule has 0 saturated carbocycles. The van der Waals surface area contributed by atoms with E-state index in [4.69, 9.17) is 14.8 Å².